The van der Waals surface area contributed by atoms with Crippen molar-refractivity contribution >= 4 is 16.6 Å². The first-order valence-corrected chi connectivity index (χ1v) is 4.15. The molecule has 0 unspecified atom stereocenters. The zero-order valence-corrected chi connectivity index (χ0v) is 7.56. The van der Waals surface area contributed by atoms with Crippen molar-refractivity contribution in [3.8, 4) is 6.07 Å². The van der Waals surface area contributed by atoms with Crippen LogP contribution in [-0.4, -0.2) is 12.0 Å². The van der Waals surface area contributed by atoms with E-state index in [0.717, 1.165) is 5.69 Å². The highest BCUT2D eigenvalue weighted by Crippen LogP contribution is 2.27. The van der Waals surface area contributed by atoms with Gasteiger partial charge in [-0.1, -0.05) is 0 Å². The number of nitrogens with zero attached hydrogens (tertiary/aromatic N) is 1. The number of benzene rings is 1. The molecule has 0 atom stereocenters. The molecular weight excluding hydrogens is 181 g/mol. The van der Waals surface area contributed by atoms with Gasteiger partial charge in [0.15, 0.2) is 0 Å². The molecule has 70 valence electrons. The molecule has 0 amide bonds. The summed E-state index contributed by atoms with van der Waals surface area (Å²) in [5, 5.41) is 12.3. The lowest BCUT2D eigenvalue weighted by Gasteiger charge is -2.02. The molecule has 14 heavy (non-hydrogen) atoms. The molecule has 0 bridgehead atoms. The number of hydrogen-bond acceptors (Lipinski definition) is 2. The largest absolute Gasteiger partial charge is 0.388 e. The van der Waals surface area contributed by atoms with Gasteiger partial charge in [-0.3, -0.25) is 0 Å². The van der Waals surface area contributed by atoms with E-state index in [1.165, 1.54) is 12.3 Å². The molecular formula is C10H8FN3. The van der Waals surface area contributed by atoms with Crippen LogP contribution < -0.4 is 5.32 Å². The van der Waals surface area contributed by atoms with E-state index in [1.54, 1.807) is 13.1 Å². The highest BCUT2D eigenvalue weighted by Gasteiger charge is 2.10. The molecule has 0 spiro atoms. The summed E-state index contributed by atoms with van der Waals surface area (Å²) in [7, 11) is 1.74. The average molecular weight is 189 g/mol. The minimum absolute atomic E-state index is 0.347. The van der Waals surface area contributed by atoms with Crippen LogP contribution in [0.4, 0.5) is 10.1 Å². The summed E-state index contributed by atoms with van der Waals surface area (Å²) < 4.78 is 13.3. The Hall–Kier alpha value is -2.02. The highest BCUT2D eigenvalue weighted by atomic mass is 19.1. The van der Waals surface area contributed by atoms with Crippen molar-refractivity contribution < 1.29 is 4.39 Å². The van der Waals surface area contributed by atoms with Crippen molar-refractivity contribution in [3.63, 3.8) is 0 Å². The first kappa shape index (κ1) is 8.57. The van der Waals surface area contributed by atoms with Gasteiger partial charge >= 0.3 is 0 Å². The third kappa shape index (κ3) is 1.03. The standard InChI is InChI=1S/C10H8FN3/c1-13-8-3-2-7(11)10-9(8)6(4-12)5-14-10/h2-3,5,13-14H,1H3. The zero-order valence-electron chi connectivity index (χ0n) is 7.56. The molecule has 1 heterocycles. The quantitative estimate of drug-likeness (QED) is 0.722. The Morgan fingerprint density at radius 3 is 2.93 bits per heavy atom. The van der Waals surface area contributed by atoms with Crippen molar-refractivity contribution in [3.05, 3.63) is 29.7 Å². The molecule has 1 aromatic heterocycles. The van der Waals surface area contributed by atoms with E-state index >= 15 is 0 Å². The van der Waals surface area contributed by atoms with Gasteiger partial charge in [-0.15, -0.1) is 0 Å². The number of nitrogens with one attached hydrogen (secondary N) is 2. The molecule has 2 rings (SSSR count). The van der Waals surface area contributed by atoms with Gasteiger partial charge in [0.2, 0.25) is 0 Å². The van der Waals surface area contributed by atoms with Crippen LogP contribution >= 0.6 is 0 Å². The van der Waals surface area contributed by atoms with E-state index in [9.17, 15) is 4.39 Å². The van der Waals surface area contributed by atoms with Gasteiger partial charge in [-0.05, 0) is 12.1 Å². The fourth-order valence-corrected chi connectivity index (χ4v) is 1.51. The minimum atomic E-state index is -0.347. The fourth-order valence-electron chi connectivity index (χ4n) is 1.51. The SMILES string of the molecule is CNc1ccc(F)c2[nH]cc(C#N)c12. The Kier molecular flexibility index (Phi) is 1.86. The van der Waals surface area contributed by atoms with Crippen LogP contribution in [0.3, 0.4) is 0 Å². The molecule has 0 fully saturated rings. The van der Waals surface area contributed by atoms with Gasteiger partial charge in [-0.2, -0.15) is 5.26 Å². The number of aromatic amines is 1. The van der Waals surface area contributed by atoms with E-state index in [-0.39, 0.29) is 5.82 Å². The smallest absolute Gasteiger partial charge is 0.147 e. The zero-order chi connectivity index (χ0) is 10.1. The van der Waals surface area contributed by atoms with E-state index in [1.807, 2.05) is 6.07 Å². The van der Waals surface area contributed by atoms with Crippen molar-refractivity contribution in [2.75, 3.05) is 12.4 Å². The van der Waals surface area contributed by atoms with Crippen LogP contribution in [0.15, 0.2) is 18.3 Å². The molecule has 4 heteroatoms. The van der Waals surface area contributed by atoms with E-state index in [4.69, 9.17) is 5.26 Å². The Morgan fingerprint density at radius 2 is 2.29 bits per heavy atom. The lowest BCUT2D eigenvalue weighted by Crippen LogP contribution is -1.90. The molecule has 0 aliphatic carbocycles. The van der Waals surface area contributed by atoms with Crippen LogP contribution in [0, 0.1) is 17.1 Å². The maximum atomic E-state index is 13.3. The molecule has 1 aromatic carbocycles. The number of nitriles is 1. The molecule has 0 aliphatic heterocycles. The van der Waals surface area contributed by atoms with Crippen molar-refractivity contribution in [1.82, 2.24) is 4.98 Å². The number of rotatable bonds is 1. The summed E-state index contributed by atoms with van der Waals surface area (Å²) in [6.07, 6.45) is 1.51. The van der Waals surface area contributed by atoms with Crippen LogP contribution in [0.5, 0.6) is 0 Å². The molecule has 3 nitrogen and oxygen atoms in total. The number of aromatic nitrogens is 1. The number of anilines is 1. The molecule has 0 radical (unpaired) electrons. The van der Waals surface area contributed by atoms with Crippen LogP contribution in [0.25, 0.3) is 10.9 Å². The predicted molar refractivity (Wildman–Crippen MR) is 52.5 cm³/mol. The van der Waals surface area contributed by atoms with Crippen molar-refractivity contribution in [2.24, 2.45) is 0 Å². The van der Waals surface area contributed by atoms with Crippen LogP contribution in [0.1, 0.15) is 5.56 Å². The second kappa shape index (κ2) is 3.04. The second-order valence-corrected chi connectivity index (χ2v) is 2.91. The second-order valence-electron chi connectivity index (χ2n) is 2.91. The van der Waals surface area contributed by atoms with E-state index < -0.39 is 0 Å². The van der Waals surface area contributed by atoms with Gasteiger partial charge in [-0.25, -0.2) is 4.39 Å². The minimum Gasteiger partial charge on any atom is -0.388 e. The van der Waals surface area contributed by atoms with Crippen molar-refractivity contribution in [1.29, 1.82) is 5.26 Å². The third-order valence-electron chi connectivity index (χ3n) is 2.17. The van der Waals surface area contributed by atoms with Gasteiger partial charge in [0.25, 0.3) is 0 Å². The lowest BCUT2D eigenvalue weighted by molar-refractivity contribution is 0.637. The first-order valence-electron chi connectivity index (χ1n) is 4.15. The van der Waals surface area contributed by atoms with Crippen molar-refractivity contribution in [2.45, 2.75) is 0 Å². The van der Waals surface area contributed by atoms with E-state index in [2.05, 4.69) is 10.3 Å². The maximum Gasteiger partial charge on any atom is 0.147 e. The van der Waals surface area contributed by atoms with Gasteiger partial charge < -0.3 is 10.3 Å². The van der Waals surface area contributed by atoms with E-state index in [0.29, 0.717) is 16.5 Å². The number of halogens is 1. The fraction of sp³-hybridized carbons (Fsp3) is 0.100. The summed E-state index contributed by atoms with van der Waals surface area (Å²) in [5.74, 6) is -0.347. The van der Waals surface area contributed by atoms with Gasteiger partial charge in [0.05, 0.1) is 11.1 Å². The number of H-pyrrole nitrogens is 1. The Bertz CT molecular complexity index is 522. The molecule has 2 aromatic rings. The summed E-state index contributed by atoms with van der Waals surface area (Å²) >= 11 is 0. The van der Waals surface area contributed by atoms with Crippen LogP contribution in [0.2, 0.25) is 0 Å². The summed E-state index contributed by atoms with van der Waals surface area (Å²) in [4.78, 5) is 2.74. The molecule has 0 saturated heterocycles. The third-order valence-corrected chi connectivity index (χ3v) is 2.17. The predicted octanol–water partition coefficient (Wildman–Crippen LogP) is 2.22. The Labute approximate surface area is 80.2 Å². The summed E-state index contributed by atoms with van der Waals surface area (Å²) in [6.45, 7) is 0. The monoisotopic (exact) mass is 189 g/mol. The lowest BCUT2D eigenvalue weighted by atomic mass is 10.1. The maximum absolute atomic E-state index is 13.3. The topological polar surface area (TPSA) is 51.6 Å². The molecule has 0 saturated carbocycles. The van der Waals surface area contributed by atoms with Gasteiger partial charge in [0, 0.05) is 24.3 Å². The summed E-state index contributed by atoms with van der Waals surface area (Å²) in [5.41, 5.74) is 1.57. The van der Waals surface area contributed by atoms with Crippen LogP contribution in [-0.2, 0) is 0 Å². The molecule has 2 N–H and O–H groups in total. The summed E-state index contributed by atoms with van der Waals surface area (Å²) in [6, 6.07) is 5.00. The first-order chi connectivity index (χ1) is 6.77. The Morgan fingerprint density at radius 1 is 1.50 bits per heavy atom. The normalized spacial score (nSPS) is 10.1. The number of hydrogen-bond donors (Lipinski definition) is 2. The Balaban J connectivity index is 2.90. The highest BCUT2D eigenvalue weighted by molar-refractivity contribution is 5.96. The molecule has 0 aliphatic rings. The average Bonchev–Trinajstić information content (AvgIpc) is 2.63. The number of fused-ring (bicyclic) bond motifs is 1. The van der Waals surface area contributed by atoms with Gasteiger partial charge in [0.1, 0.15) is 11.9 Å².